The molecule has 0 nitrogen and oxygen atoms in total. The van der Waals surface area contributed by atoms with Crippen molar-refractivity contribution >= 4 is 27.9 Å². The van der Waals surface area contributed by atoms with Crippen LogP contribution in [-0.2, 0) is 12.8 Å². The molecule has 3 aromatic carbocycles. The van der Waals surface area contributed by atoms with Gasteiger partial charge in [-0.2, -0.15) is 0 Å². The molecule has 2 aliphatic rings. The van der Waals surface area contributed by atoms with Gasteiger partial charge >= 0.3 is 0 Å². The van der Waals surface area contributed by atoms with Crippen molar-refractivity contribution in [3.8, 4) is 0 Å². The zero-order valence-corrected chi connectivity index (χ0v) is 15.5. The number of benzene rings is 3. The van der Waals surface area contributed by atoms with E-state index in [0.717, 1.165) is 30.7 Å². The Hall–Kier alpha value is -2.31. The summed E-state index contributed by atoms with van der Waals surface area (Å²) < 4.78 is 0. The molecule has 5 rings (SSSR count). The van der Waals surface area contributed by atoms with Crippen molar-refractivity contribution in [3.05, 3.63) is 100 Å². The molecule has 1 unspecified atom stereocenters. The molecule has 0 spiro atoms. The first-order valence-corrected chi connectivity index (χ1v) is 9.83. The maximum atomic E-state index is 6.57. The molecule has 0 aliphatic heterocycles. The lowest BCUT2D eigenvalue weighted by molar-refractivity contribution is 0.584. The molecule has 0 saturated carbocycles. The molecule has 0 N–H and O–H groups in total. The summed E-state index contributed by atoms with van der Waals surface area (Å²) in [5.41, 5.74) is 7.33. The number of rotatable bonds is 2. The van der Waals surface area contributed by atoms with Gasteiger partial charge in [0.05, 0.1) is 0 Å². The third-order valence-corrected chi connectivity index (χ3v) is 6.22. The number of fused-ring (bicyclic) bond motifs is 4. The topological polar surface area (TPSA) is 0 Å². The summed E-state index contributed by atoms with van der Waals surface area (Å²) in [7, 11) is 0. The minimum Gasteiger partial charge on any atom is -0.0837 e. The summed E-state index contributed by atoms with van der Waals surface area (Å²) in [6.07, 6.45) is 9.23. The van der Waals surface area contributed by atoms with Gasteiger partial charge in [0.1, 0.15) is 0 Å². The van der Waals surface area contributed by atoms with Gasteiger partial charge in [0.2, 0.25) is 0 Å². The molecule has 0 amide bonds. The van der Waals surface area contributed by atoms with Gasteiger partial charge in [-0.3, -0.25) is 0 Å². The van der Waals surface area contributed by atoms with E-state index in [-0.39, 0.29) is 0 Å². The van der Waals surface area contributed by atoms with Crippen molar-refractivity contribution < 1.29 is 0 Å². The molecular weight excluding hydrogens is 336 g/mol. The summed E-state index contributed by atoms with van der Waals surface area (Å²) in [5, 5.41) is 3.38. The third kappa shape index (κ3) is 2.61. The molecule has 0 radical (unpaired) electrons. The first-order chi connectivity index (χ1) is 12.8. The zero-order chi connectivity index (χ0) is 17.5. The van der Waals surface area contributed by atoms with E-state index in [9.17, 15) is 0 Å². The summed E-state index contributed by atoms with van der Waals surface area (Å²) in [6.45, 7) is 0. The second-order valence-corrected chi connectivity index (χ2v) is 7.80. The SMILES string of the molecule is Clc1cccc2ccc3c(c12)CCC1=C3C=CCC1Cc1ccccc1. The van der Waals surface area contributed by atoms with Crippen LogP contribution in [-0.4, -0.2) is 0 Å². The van der Waals surface area contributed by atoms with Gasteiger partial charge < -0.3 is 0 Å². The number of hydrogen-bond donors (Lipinski definition) is 0. The van der Waals surface area contributed by atoms with Crippen molar-refractivity contribution in [2.75, 3.05) is 0 Å². The van der Waals surface area contributed by atoms with Crippen LogP contribution in [0.15, 0.2) is 78.4 Å². The molecule has 128 valence electrons. The van der Waals surface area contributed by atoms with Crippen LogP contribution in [0.3, 0.4) is 0 Å². The molecule has 3 aromatic rings. The molecule has 1 heteroatoms. The number of aryl methyl sites for hydroxylation is 1. The normalized spacial score (nSPS) is 18.7. The molecule has 0 fully saturated rings. The Labute approximate surface area is 159 Å². The Morgan fingerprint density at radius 3 is 2.65 bits per heavy atom. The van der Waals surface area contributed by atoms with Crippen LogP contribution in [0.5, 0.6) is 0 Å². The van der Waals surface area contributed by atoms with Crippen LogP contribution < -0.4 is 0 Å². The Bertz CT molecular complexity index is 1040. The van der Waals surface area contributed by atoms with Crippen molar-refractivity contribution in [2.24, 2.45) is 5.92 Å². The summed E-state index contributed by atoms with van der Waals surface area (Å²) in [6, 6.07) is 21.7. The maximum absolute atomic E-state index is 6.57. The summed E-state index contributed by atoms with van der Waals surface area (Å²) >= 11 is 6.57. The molecule has 0 aromatic heterocycles. The van der Waals surface area contributed by atoms with Gasteiger partial charge in [-0.15, -0.1) is 0 Å². The van der Waals surface area contributed by atoms with E-state index >= 15 is 0 Å². The van der Waals surface area contributed by atoms with Gasteiger partial charge in [0, 0.05) is 10.4 Å². The van der Waals surface area contributed by atoms with Gasteiger partial charge in [-0.1, -0.05) is 83.9 Å². The smallest absolute Gasteiger partial charge is 0.0487 e. The van der Waals surface area contributed by atoms with E-state index in [2.05, 4.69) is 60.7 Å². The fourth-order valence-electron chi connectivity index (χ4n) is 4.70. The number of hydrogen-bond acceptors (Lipinski definition) is 0. The highest BCUT2D eigenvalue weighted by atomic mass is 35.5. The average molecular weight is 357 g/mol. The van der Waals surface area contributed by atoms with Gasteiger partial charge in [-0.05, 0) is 65.3 Å². The fraction of sp³-hybridized carbons (Fsp3) is 0.200. The highest BCUT2D eigenvalue weighted by molar-refractivity contribution is 6.36. The summed E-state index contributed by atoms with van der Waals surface area (Å²) in [4.78, 5) is 0. The van der Waals surface area contributed by atoms with Crippen molar-refractivity contribution in [1.29, 1.82) is 0 Å². The van der Waals surface area contributed by atoms with Crippen LogP contribution in [0.4, 0.5) is 0 Å². The minimum absolute atomic E-state index is 0.618. The van der Waals surface area contributed by atoms with Gasteiger partial charge in [0.15, 0.2) is 0 Å². The molecule has 26 heavy (non-hydrogen) atoms. The molecule has 2 aliphatic carbocycles. The average Bonchev–Trinajstić information content (AvgIpc) is 2.68. The number of allylic oxidation sites excluding steroid dienone is 4. The van der Waals surface area contributed by atoms with Crippen molar-refractivity contribution in [2.45, 2.75) is 25.7 Å². The van der Waals surface area contributed by atoms with E-state index in [1.165, 1.54) is 33.0 Å². The largest absolute Gasteiger partial charge is 0.0837 e. The van der Waals surface area contributed by atoms with Gasteiger partial charge in [0.25, 0.3) is 0 Å². The third-order valence-electron chi connectivity index (χ3n) is 5.91. The first-order valence-electron chi connectivity index (χ1n) is 9.45. The monoisotopic (exact) mass is 356 g/mol. The van der Waals surface area contributed by atoms with Crippen LogP contribution in [0, 0.1) is 5.92 Å². The second kappa shape index (κ2) is 6.45. The predicted octanol–water partition coefficient (Wildman–Crippen LogP) is 7.01. The molecule has 1 atom stereocenters. The highest BCUT2D eigenvalue weighted by Gasteiger charge is 2.27. The molecule has 0 bridgehead atoms. The lowest BCUT2D eigenvalue weighted by atomic mass is 9.73. The maximum Gasteiger partial charge on any atom is 0.0487 e. The van der Waals surface area contributed by atoms with E-state index < -0.39 is 0 Å². The molecule has 0 saturated heterocycles. The first kappa shape index (κ1) is 15.9. The van der Waals surface area contributed by atoms with Crippen molar-refractivity contribution in [1.82, 2.24) is 0 Å². The van der Waals surface area contributed by atoms with Crippen LogP contribution in [0.25, 0.3) is 16.3 Å². The Morgan fingerprint density at radius 2 is 1.77 bits per heavy atom. The van der Waals surface area contributed by atoms with Crippen LogP contribution in [0.2, 0.25) is 5.02 Å². The van der Waals surface area contributed by atoms with E-state index in [1.54, 1.807) is 5.57 Å². The van der Waals surface area contributed by atoms with Crippen LogP contribution >= 0.6 is 11.6 Å². The Morgan fingerprint density at radius 1 is 0.885 bits per heavy atom. The van der Waals surface area contributed by atoms with E-state index in [0.29, 0.717) is 5.92 Å². The molecule has 0 heterocycles. The zero-order valence-electron chi connectivity index (χ0n) is 14.7. The standard InChI is InChI=1S/C25H21Cl/c26-24-11-5-8-18-12-13-22-21-10-4-9-19(16-17-6-2-1-3-7-17)20(21)14-15-23(22)25(18)24/h1-8,10-13,19H,9,14-16H2. The van der Waals surface area contributed by atoms with E-state index in [1.807, 2.05) is 12.1 Å². The van der Waals surface area contributed by atoms with E-state index in [4.69, 9.17) is 11.6 Å². The predicted molar refractivity (Wildman–Crippen MR) is 112 cm³/mol. The van der Waals surface area contributed by atoms with Crippen LogP contribution in [0.1, 0.15) is 29.5 Å². The lowest BCUT2D eigenvalue weighted by Crippen LogP contribution is -2.17. The Balaban J connectivity index is 1.61. The lowest BCUT2D eigenvalue weighted by Gasteiger charge is -2.31. The van der Waals surface area contributed by atoms with Crippen molar-refractivity contribution in [3.63, 3.8) is 0 Å². The molecular formula is C25H21Cl. The fourth-order valence-corrected chi connectivity index (χ4v) is 5.00. The highest BCUT2D eigenvalue weighted by Crippen LogP contribution is 2.44. The quantitative estimate of drug-likeness (QED) is 0.463. The number of halogens is 1. The van der Waals surface area contributed by atoms with Gasteiger partial charge in [-0.25, -0.2) is 0 Å². The Kier molecular flexibility index (Phi) is 3.94. The minimum atomic E-state index is 0.618. The summed E-state index contributed by atoms with van der Waals surface area (Å²) in [5.74, 6) is 0.618. The second-order valence-electron chi connectivity index (χ2n) is 7.39.